The molecule has 0 aromatic heterocycles. The first-order chi connectivity index (χ1) is 8.04. The van der Waals surface area contributed by atoms with Gasteiger partial charge < -0.3 is 10.1 Å². The van der Waals surface area contributed by atoms with Crippen LogP contribution in [-0.2, 0) is 4.74 Å². The van der Waals surface area contributed by atoms with Gasteiger partial charge in [0.15, 0.2) is 0 Å². The molecule has 1 unspecified atom stereocenters. The predicted octanol–water partition coefficient (Wildman–Crippen LogP) is 2.69. The molecule has 0 saturated carbocycles. The molecule has 1 N–H and O–H groups in total. The van der Waals surface area contributed by atoms with E-state index in [1.165, 1.54) is 0 Å². The lowest BCUT2D eigenvalue weighted by atomic mass is 10.0. The number of carbonyl (C=O) groups is 1. The number of carbonyl (C=O) groups excluding carboxylic acids is 1. The minimum Gasteiger partial charge on any atom is -0.383 e. The first-order valence-corrected chi connectivity index (χ1v) is 6.68. The van der Waals surface area contributed by atoms with Gasteiger partial charge in [-0.05, 0) is 46.7 Å². The number of ether oxygens (including phenoxy) is 1. The second-order valence-corrected chi connectivity index (χ2v) is 5.54. The molecule has 94 valence electrons. The van der Waals surface area contributed by atoms with Crippen molar-refractivity contribution in [3.05, 3.63) is 33.4 Å². The molecule has 1 aromatic carbocycles. The van der Waals surface area contributed by atoms with Crippen LogP contribution in [0, 0.1) is 9.49 Å². The van der Waals surface area contributed by atoms with Crippen molar-refractivity contribution in [2.75, 3.05) is 13.7 Å². The van der Waals surface area contributed by atoms with E-state index in [1.807, 2.05) is 24.3 Å². The maximum atomic E-state index is 12.0. The molecule has 3 nitrogen and oxygen atoms in total. The van der Waals surface area contributed by atoms with Crippen LogP contribution in [0.3, 0.4) is 0 Å². The van der Waals surface area contributed by atoms with Crippen LogP contribution in [0.15, 0.2) is 24.3 Å². The highest BCUT2D eigenvalue weighted by atomic mass is 127. The molecule has 17 heavy (non-hydrogen) atoms. The minimum atomic E-state index is -0.0423. The molecule has 4 heteroatoms. The summed E-state index contributed by atoms with van der Waals surface area (Å²) in [5, 5.41) is 2.99. The molecule has 0 heterocycles. The normalized spacial score (nSPS) is 12.5. The fourth-order valence-electron chi connectivity index (χ4n) is 1.46. The highest BCUT2D eigenvalue weighted by molar-refractivity contribution is 14.1. The van der Waals surface area contributed by atoms with Crippen LogP contribution in [0.2, 0.25) is 0 Å². The fourth-order valence-corrected chi connectivity index (χ4v) is 2.00. The number of amides is 1. The molecule has 1 amide bonds. The quantitative estimate of drug-likeness (QED) is 0.832. The monoisotopic (exact) mass is 347 g/mol. The molecular weight excluding hydrogens is 329 g/mol. The molecule has 0 radical (unpaired) electrons. The van der Waals surface area contributed by atoms with Crippen LogP contribution in [0.5, 0.6) is 0 Å². The lowest BCUT2D eigenvalue weighted by Gasteiger charge is -2.21. The van der Waals surface area contributed by atoms with Crippen molar-refractivity contribution in [2.24, 2.45) is 5.92 Å². The Bertz CT molecular complexity index is 379. The number of hydrogen-bond donors (Lipinski definition) is 1. The summed E-state index contributed by atoms with van der Waals surface area (Å²) in [5.41, 5.74) is 0.693. The Labute approximate surface area is 116 Å². The number of benzene rings is 1. The molecule has 0 spiro atoms. The first-order valence-electron chi connectivity index (χ1n) is 5.60. The van der Waals surface area contributed by atoms with Gasteiger partial charge in [-0.1, -0.05) is 19.9 Å². The number of rotatable bonds is 5. The van der Waals surface area contributed by atoms with E-state index in [2.05, 4.69) is 41.8 Å². The van der Waals surface area contributed by atoms with Gasteiger partial charge in [-0.15, -0.1) is 0 Å². The van der Waals surface area contributed by atoms with Crippen molar-refractivity contribution in [1.29, 1.82) is 0 Å². The van der Waals surface area contributed by atoms with E-state index in [-0.39, 0.29) is 11.9 Å². The third kappa shape index (κ3) is 4.63. The third-order valence-corrected chi connectivity index (χ3v) is 3.23. The molecule has 0 aliphatic rings. The summed E-state index contributed by atoms with van der Waals surface area (Å²) in [6, 6.07) is 7.59. The largest absolute Gasteiger partial charge is 0.383 e. The molecule has 1 aromatic rings. The predicted molar refractivity (Wildman–Crippen MR) is 77.1 cm³/mol. The summed E-state index contributed by atoms with van der Waals surface area (Å²) in [6.45, 7) is 4.67. The Morgan fingerprint density at radius 3 is 2.71 bits per heavy atom. The van der Waals surface area contributed by atoms with Crippen molar-refractivity contribution >= 4 is 28.5 Å². The minimum absolute atomic E-state index is 0.0423. The number of halogens is 1. The molecule has 0 saturated heterocycles. The topological polar surface area (TPSA) is 38.3 Å². The highest BCUT2D eigenvalue weighted by Crippen LogP contribution is 2.09. The van der Waals surface area contributed by atoms with Gasteiger partial charge in [0, 0.05) is 16.2 Å². The Morgan fingerprint density at radius 1 is 1.47 bits per heavy atom. The van der Waals surface area contributed by atoms with Gasteiger partial charge in [-0.3, -0.25) is 4.79 Å². The van der Waals surface area contributed by atoms with Crippen LogP contribution >= 0.6 is 22.6 Å². The SMILES string of the molecule is COCC(NC(=O)c1cccc(I)c1)C(C)C. The van der Waals surface area contributed by atoms with Gasteiger partial charge in [-0.2, -0.15) is 0 Å². The Kier molecular flexibility index (Phi) is 5.91. The van der Waals surface area contributed by atoms with Gasteiger partial charge in [0.1, 0.15) is 0 Å². The number of nitrogens with one attached hydrogen (secondary N) is 1. The first kappa shape index (κ1) is 14.4. The van der Waals surface area contributed by atoms with Gasteiger partial charge in [0.25, 0.3) is 5.91 Å². The van der Waals surface area contributed by atoms with E-state index in [9.17, 15) is 4.79 Å². The molecule has 0 aliphatic heterocycles. The van der Waals surface area contributed by atoms with E-state index in [0.717, 1.165) is 3.57 Å². The standard InChI is InChI=1S/C13H18INO2/c1-9(2)12(8-17-3)15-13(16)10-5-4-6-11(14)7-10/h4-7,9,12H,8H2,1-3H3,(H,15,16). The van der Waals surface area contributed by atoms with Crippen LogP contribution in [0.25, 0.3) is 0 Å². The van der Waals surface area contributed by atoms with E-state index in [0.29, 0.717) is 18.1 Å². The number of methoxy groups -OCH3 is 1. The van der Waals surface area contributed by atoms with E-state index >= 15 is 0 Å². The zero-order valence-corrected chi connectivity index (χ0v) is 12.5. The maximum Gasteiger partial charge on any atom is 0.251 e. The van der Waals surface area contributed by atoms with Crippen LogP contribution in [0.4, 0.5) is 0 Å². The summed E-state index contributed by atoms with van der Waals surface area (Å²) < 4.78 is 6.17. The van der Waals surface area contributed by atoms with Crippen molar-refractivity contribution in [2.45, 2.75) is 19.9 Å². The Balaban J connectivity index is 2.70. The molecule has 1 rings (SSSR count). The summed E-state index contributed by atoms with van der Waals surface area (Å²) in [4.78, 5) is 12.0. The van der Waals surface area contributed by atoms with Crippen molar-refractivity contribution < 1.29 is 9.53 Å². The summed E-state index contributed by atoms with van der Waals surface area (Å²) in [6.07, 6.45) is 0. The second-order valence-electron chi connectivity index (χ2n) is 4.29. The summed E-state index contributed by atoms with van der Waals surface area (Å²) in [7, 11) is 1.65. The fraction of sp³-hybridized carbons (Fsp3) is 0.462. The third-order valence-electron chi connectivity index (χ3n) is 2.55. The second kappa shape index (κ2) is 6.96. The maximum absolute atomic E-state index is 12.0. The smallest absolute Gasteiger partial charge is 0.251 e. The van der Waals surface area contributed by atoms with Gasteiger partial charge in [-0.25, -0.2) is 0 Å². The average molecular weight is 347 g/mol. The highest BCUT2D eigenvalue weighted by Gasteiger charge is 2.16. The van der Waals surface area contributed by atoms with Crippen LogP contribution in [0.1, 0.15) is 24.2 Å². The summed E-state index contributed by atoms with van der Waals surface area (Å²) in [5.74, 6) is 0.306. The molecule has 0 bridgehead atoms. The van der Waals surface area contributed by atoms with Crippen molar-refractivity contribution in [3.63, 3.8) is 0 Å². The molecule has 1 atom stereocenters. The van der Waals surface area contributed by atoms with Gasteiger partial charge in [0.2, 0.25) is 0 Å². The van der Waals surface area contributed by atoms with Crippen molar-refractivity contribution in [3.8, 4) is 0 Å². The van der Waals surface area contributed by atoms with E-state index < -0.39 is 0 Å². The summed E-state index contributed by atoms with van der Waals surface area (Å²) >= 11 is 2.20. The van der Waals surface area contributed by atoms with Crippen LogP contribution in [-0.4, -0.2) is 25.7 Å². The lowest BCUT2D eigenvalue weighted by Crippen LogP contribution is -2.41. The Hall–Kier alpha value is -0.620. The van der Waals surface area contributed by atoms with Gasteiger partial charge >= 0.3 is 0 Å². The van der Waals surface area contributed by atoms with Gasteiger partial charge in [0.05, 0.1) is 12.6 Å². The molecule has 0 aliphatic carbocycles. The average Bonchev–Trinajstić information content (AvgIpc) is 2.28. The number of hydrogen-bond acceptors (Lipinski definition) is 2. The van der Waals surface area contributed by atoms with Crippen molar-refractivity contribution in [1.82, 2.24) is 5.32 Å². The molecule has 0 fully saturated rings. The van der Waals surface area contributed by atoms with E-state index in [4.69, 9.17) is 4.74 Å². The zero-order valence-electron chi connectivity index (χ0n) is 10.4. The lowest BCUT2D eigenvalue weighted by molar-refractivity contribution is 0.0866. The zero-order chi connectivity index (χ0) is 12.8. The van der Waals surface area contributed by atoms with E-state index in [1.54, 1.807) is 7.11 Å². The van der Waals surface area contributed by atoms with Crippen LogP contribution < -0.4 is 5.32 Å². The molecular formula is C13H18INO2. The Morgan fingerprint density at radius 2 is 2.18 bits per heavy atom.